The summed E-state index contributed by atoms with van der Waals surface area (Å²) in [4.78, 5) is 26.6. The standard InChI is InChI=1S/C27H28N2O5/c1-33-23-13-7-19(8-14-23)15-25(31)28-22-11-9-21(10-12-22)27-24(17-30)29(26(32)18-34-27)16-20-5-3-2-4-6-20/h2-14,24,27,30H,15-18H2,1H3,(H,28,31). The van der Waals surface area contributed by atoms with Crippen molar-refractivity contribution in [2.45, 2.75) is 25.1 Å². The van der Waals surface area contributed by atoms with Crippen LogP contribution in [-0.2, 0) is 27.3 Å². The van der Waals surface area contributed by atoms with Gasteiger partial charge in [-0.05, 0) is 41.0 Å². The highest BCUT2D eigenvalue weighted by atomic mass is 16.5. The number of aliphatic hydroxyl groups excluding tert-OH is 1. The minimum absolute atomic E-state index is 0.0473. The van der Waals surface area contributed by atoms with Crippen LogP contribution in [0.5, 0.6) is 5.75 Å². The highest BCUT2D eigenvalue weighted by Crippen LogP contribution is 2.31. The number of anilines is 1. The van der Waals surface area contributed by atoms with Crippen molar-refractivity contribution < 1.29 is 24.2 Å². The molecule has 1 saturated heterocycles. The molecule has 0 aromatic heterocycles. The molecule has 2 unspecified atom stereocenters. The summed E-state index contributed by atoms with van der Waals surface area (Å²) in [7, 11) is 1.60. The third-order valence-corrected chi connectivity index (χ3v) is 5.89. The van der Waals surface area contributed by atoms with Crippen LogP contribution in [0.1, 0.15) is 22.8 Å². The third-order valence-electron chi connectivity index (χ3n) is 5.89. The van der Waals surface area contributed by atoms with Gasteiger partial charge in [-0.15, -0.1) is 0 Å². The minimum atomic E-state index is -0.503. The maximum atomic E-state index is 12.5. The number of nitrogens with one attached hydrogen (secondary N) is 1. The number of amides is 2. The second-order valence-corrected chi connectivity index (χ2v) is 8.18. The molecule has 3 aromatic carbocycles. The zero-order valence-electron chi connectivity index (χ0n) is 19.0. The highest BCUT2D eigenvalue weighted by Gasteiger charge is 2.37. The first-order chi connectivity index (χ1) is 16.6. The number of carbonyl (C=O) groups excluding carboxylic acids is 2. The van der Waals surface area contributed by atoms with Crippen molar-refractivity contribution in [3.63, 3.8) is 0 Å². The van der Waals surface area contributed by atoms with Crippen molar-refractivity contribution in [2.75, 3.05) is 25.6 Å². The van der Waals surface area contributed by atoms with E-state index in [9.17, 15) is 14.7 Å². The molecule has 0 saturated carbocycles. The number of hydrogen-bond acceptors (Lipinski definition) is 5. The Labute approximate surface area is 198 Å². The van der Waals surface area contributed by atoms with Gasteiger partial charge in [-0.3, -0.25) is 9.59 Å². The number of hydrogen-bond donors (Lipinski definition) is 2. The number of nitrogens with zero attached hydrogens (tertiary/aromatic N) is 1. The van der Waals surface area contributed by atoms with Crippen molar-refractivity contribution in [1.29, 1.82) is 0 Å². The van der Waals surface area contributed by atoms with Crippen LogP contribution >= 0.6 is 0 Å². The molecule has 7 heteroatoms. The van der Waals surface area contributed by atoms with Gasteiger partial charge >= 0.3 is 0 Å². The first-order valence-corrected chi connectivity index (χ1v) is 11.2. The molecule has 3 aromatic rings. The molecule has 34 heavy (non-hydrogen) atoms. The van der Waals surface area contributed by atoms with E-state index >= 15 is 0 Å². The van der Waals surface area contributed by atoms with Crippen LogP contribution in [-0.4, -0.2) is 48.2 Å². The molecule has 1 fully saturated rings. The van der Waals surface area contributed by atoms with Crippen LogP contribution in [0.25, 0.3) is 0 Å². The zero-order valence-corrected chi connectivity index (χ0v) is 19.0. The number of carbonyl (C=O) groups is 2. The van der Waals surface area contributed by atoms with E-state index in [0.29, 0.717) is 12.2 Å². The predicted molar refractivity (Wildman–Crippen MR) is 128 cm³/mol. The van der Waals surface area contributed by atoms with E-state index in [0.717, 1.165) is 22.4 Å². The SMILES string of the molecule is COc1ccc(CC(=O)Nc2ccc(C3OCC(=O)N(Cc4ccccc4)C3CO)cc2)cc1. The predicted octanol–water partition coefficient (Wildman–Crippen LogP) is 3.34. The third kappa shape index (κ3) is 5.62. The Kier molecular flexibility index (Phi) is 7.57. The summed E-state index contributed by atoms with van der Waals surface area (Å²) in [5, 5.41) is 13.0. The Hall–Kier alpha value is -3.68. The Morgan fingerprint density at radius 3 is 2.38 bits per heavy atom. The molecule has 0 radical (unpaired) electrons. The lowest BCUT2D eigenvalue weighted by molar-refractivity contribution is -0.162. The van der Waals surface area contributed by atoms with E-state index in [4.69, 9.17) is 9.47 Å². The smallest absolute Gasteiger partial charge is 0.249 e. The van der Waals surface area contributed by atoms with Crippen molar-refractivity contribution in [2.24, 2.45) is 0 Å². The number of aliphatic hydroxyl groups is 1. The summed E-state index contributed by atoms with van der Waals surface area (Å²) < 4.78 is 11.0. The molecular weight excluding hydrogens is 432 g/mol. The maximum Gasteiger partial charge on any atom is 0.249 e. The summed E-state index contributed by atoms with van der Waals surface area (Å²) in [5.74, 6) is 0.469. The van der Waals surface area contributed by atoms with Crippen LogP contribution in [0.3, 0.4) is 0 Å². The normalized spacial score (nSPS) is 17.9. The molecular formula is C27H28N2O5. The summed E-state index contributed by atoms with van der Waals surface area (Å²) in [6, 6.07) is 23.9. The second-order valence-electron chi connectivity index (χ2n) is 8.18. The zero-order chi connectivity index (χ0) is 23.9. The van der Waals surface area contributed by atoms with Gasteiger partial charge in [0.25, 0.3) is 0 Å². The van der Waals surface area contributed by atoms with Crippen LogP contribution < -0.4 is 10.1 Å². The van der Waals surface area contributed by atoms with Crippen LogP contribution in [0.15, 0.2) is 78.9 Å². The van der Waals surface area contributed by atoms with Crippen LogP contribution in [0.2, 0.25) is 0 Å². The highest BCUT2D eigenvalue weighted by molar-refractivity contribution is 5.92. The average molecular weight is 461 g/mol. The Morgan fingerprint density at radius 2 is 1.74 bits per heavy atom. The van der Waals surface area contributed by atoms with E-state index in [1.54, 1.807) is 24.1 Å². The molecule has 2 N–H and O–H groups in total. The molecule has 7 nitrogen and oxygen atoms in total. The fraction of sp³-hybridized carbons (Fsp3) is 0.259. The molecule has 1 aliphatic rings. The Balaban J connectivity index is 1.41. The van der Waals surface area contributed by atoms with Crippen molar-refractivity contribution in [3.8, 4) is 5.75 Å². The van der Waals surface area contributed by atoms with Gasteiger partial charge in [0.05, 0.1) is 26.2 Å². The molecule has 4 rings (SSSR count). The second kappa shape index (κ2) is 11.0. The fourth-order valence-corrected chi connectivity index (χ4v) is 4.09. The van der Waals surface area contributed by atoms with Crippen LogP contribution in [0, 0.1) is 0 Å². The molecule has 2 amide bonds. The number of morpholine rings is 1. The topological polar surface area (TPSA) is 88.1 Å². The van der Waals surface area contributed by atoms with E-state index in [2.05, 4.69) is 5.32 Å². The molecule has 2 atom stereocenters. The molecule has 0 aliphatic carbocycles. The minimum Gasteiger partial charge on any atom is -0.497 e. The van der Waals surface area contributed by atoms with Gasteiger partial charge < -0.3 is 24.8 Å². The van der Waals surface area contributed by atoms with Gasteiger partial charge in [0, 0.05) is 12.2 Å². The summed E-state index contributed by atoms with van der Waals surface area (Å²) in [5.41, 5.74) is 3.37. The number of benzene rings is 3. The van der Waals surface area contributed by atoms with Gasteiger partial charge in [-0.25, -0.2) is 0 Å². The lowest BCUT2D eigenvalue weighted by Crippen LogP contribution is -2.52. The molecule has 0 spiro atoms. The van der Waals surface area contributed by atoms with Gasteiger partial charge in [-0.1, -0.05) is 54.6 Å². The van der Waals surface area contributed by atoms with E-state index in [1.165, 1.54) is 0 Å². The fourth-order valence-electron chi connectivity index (χ4n) is 4.09. The first kappa shape index (κ1) is 23.5. The quantitative estimate of drug-likeness (QED) is 0.538. The number of ether oxygens (including phenoxy) is 2. The molecule has 176 valence electrons. The maximum absolute atomic E-state index is 12.5. The monoisotopic (exact) mass is 460 g/mol. The van der Waals surface area contributed by atoms with E-state index < -0.39 is 12.1 Å². The summed E-state index contributed by atoms with van der Waals surface area (Å²) in [6.45, 7) is 0.141. The van der Waals surface area contributed by atoms with Gasteiger partial charge in [0.2, 0.25) is 11.8 Å². The molecule has 1 aliphatic heterocycles. The van der Waals surface area contributed by atoms with Crippen molar-refractivity contribution in [3.05, 3.63) is 95.6 Å². The lowest BCUT2D eigenvalue weighted by atomic mass is 9.98. The summed E-state index contributed by atoms with van der Waals surface area (Å²) >= 11 is 0. The Morgan fingerprint density at radius 1 is 1.03 bits per heavy atom. The van der Waals surface area contributed by atoms with Gasteiger partial charge in [0.1, 0.15) is 18.5 Å². The van der Waals surface area contributed by atoms with Gasteiger partial charge in [-0.2, -0.15) is 0 Å². The largest absolute Gasteiger partial charge is 0.497 e. The summed E-state index contributed by atoms with van der Waals surface area (Å²) in [6.07, 6.45) is -0.212. The lowest BCUT2D eigenvalue weighted by Gasteiger charge is -2.40. The first-order valence-electron chi connectivity index (χ1n) is 11.2. The average Bonchev–Trinajstić information content (AvgIpc) is 2.87. The number of rotatable bonds is 8. The van der Waals surface area contributed by atoms with Crippen LogP contribution in [0.4, 0.5) is 5.69 Å². The van der Waals surface area contributed by atoms with Crippen molar-refractivity contribution in [1.82, 2.24) is 4.90 Å². The molecule has 1 heterocycles. The number of methoxy groups -OCH3 is 1. The van der Waals surface area contributed by atoms with E-state index in [1.807, 2.05) is 66.7 Å². The molecule has 0 bridgehead atoms. The van der Waals surface area contributed by atoms with E-state index in [-0.39, 0.29) is 31.4 Å². The van der Waals surface area contributed by atoms with Gasteiger partial charge in [0.15, 0.2) is 0 Å². The Bertz CT molecular complexity index is 1100. The van der Waals surface area contributed by atoms with Crippen molar-refractivity contribution >= 4 is 17.5 Å².